The number of methoxy groups -OCH3 is 1. The number of halogens is 3. The van der Waals surface area contributed by atoms with Gasteiger partial charge in [-0.15, -0.1) is 0 Å². The molecule has 0 saturated carbocycles. The summed E-state index contributed by atoms with van der Waals surface area (Å²) in [6.07, 6.45) is 0. The Morgan fingerprint density at radius 3 is 1.72 bits per heavy atom. The number of benzene rings is 4. The first-order valence-electron chi connectivity index (χ1n) is 14.4. The zero-order valence-electron chi connectivity index (χ0n) is 26.1. The molecule has 268 valence electrons. The second-order valence-electron chi connectivity index (χ2n) is 10.4. The minimum atomic E-state index is -6.54. The van der Waals surface area contributed by atoms with E-state index in [1.807, 2.05) is 0 Å². The third-order valence-corrected chi connectivity index (χ3v) is 11.9. The van der Waals surface area contributed by atoms with E-state index < -0.39 is 80.9 Å². The zero-order valence-corrected chi connectivity index (χ0v) is 28.6. The molecule has 0 aliphatic carbocycles. The summed E-state index contributed by atoms with van der Waals surface area (Å²) in [5.74, 6) is -2.34. The maximum absolute atomic E-state index is 14.6. The number of hydrogen-bond donors (Lipinski definition) is 0. The van der Waals surface area contributed by atoms with Gasteiger partial charge < -0.3 is 13.8 Å². The van der Waals surface area contributed by atoms with E-state index >= 15 is 0 Å². The minimum absolute atomic E-state index is 0.235. The van der Waals surface area contributed by atoms with Crippen molar-refractivity contribution in [2.45, 2.75) is 36.0 Å². The largest absolute Gasteiger partial charge is 0.523 e. The molecule has 4 aromatic carbocycles. The lowest BCUT2D eigenvalue weighted by molar-refractivity contribution is -0.384. The second kappa shape index (κ2) is 16.2. The zero-order chi connectivity index (χ0) is 36.6. The number of rotatable bonds is 17. The lowest BCUT2D eigenvalue weighted by Gasteiger charge is -2.31. The molecule has 0 aromatic heterocycles. The summed E-state index contributed by atoms with van der Waals surface area (Å²) in [7, 11) is -15.2. The summed E-state index contributed by atoms with van der Waals surface area (Å²) in [5.41, 5.74) is -5.52. The average Bonchev–Trinajstić information content (AvgIpc) is 3.10. The molecule has 4 aromatic rings. The van der Waals surface area contributed by atoms with Crippen molar-refractivity contribution in [3.63, 3.8) is 0 Å². The first kappa shape index (κ1) is 38.6. The third-order valence-electron chi connectivity index (χ3n) is 6.95. The van der Waals surface area contributed by atoms with Gasteiger partial charge in [0, 0.05) is 18.7 Å². The maximum atomic E-state index is 14.6. The Bertz CT molecular complexity index is 1960. The summed E-state index contributed by atoms with van der Waals surface area (Å²) in [6.45, 7) is -3.08. The molecule has 0 amide bonds. The van der Waals surface area contributed by atoms with E-state index in [-0.39, 0.29) is 5.56 Å². The fourth-order valence-electron chi connectivity index (χ4n) is 4.31. The van der Waals surface area contributed by atoms with Gasteiger partial charge in [-0.1, -0.05) is 72.8 Å². The van der Waals surface area contributed by atoms with Crippen LogP contribution in [0.1, 0.15) is 16.7 Å². The quantitative estimate of drug-likeness (QED) is 0.0373. The van der Waals surface area contributed by atoms with Gasteiger partial charge >= 0.3 is 23.2 Å². The molecule has 13 nitrogen and oxygen atoms in total. The van der Waals surface area contributed by atoms with Crippen molar-refractivity contribution in [3.05, 3.63) is 136 Å². The molecule has 0 fully saturated rings. The third kappa shape index (κ3) is 9.97. The summed E-state index contributed by atoms with van der Waals surface area (Å²) in [4.78, 5) is 9.87. The number of hydrogen-bond acceptors (Lipinski definition) is 11. The van der Waals surface area contributed by atoms with E-state index in [4.69, 9.17) is 13.8 Å². The topological polar surface area (TPSA) is 169 Å². The lowest BCUT2D eigenvalue weighted by Crippen LogP contribution is -2.41. The van der Waals surface area contributed by atoms with Crippen molar-refractivity contribution in [3.8, 4) is 5.75 Å². The number of non-ortho nitro benzene ring substituents is 1. The number of nitrogens with zero attached hydrogens (tertiary/aromatic N) is 2. The maximum Gasteiger partial charge on any atom is 0.523 e. The average molecular weight is 759 g/mol. The first-order chi connectivity index (χ1) is 23.5. The Morgan fingerprint density at radius 2 is 1.28 bits per heavy atom. The van der Waals surface area contributed by atoms with Crippen LogP contribution >= 0.6 is 7.60 Å². The molecule has 19 heteroatoms. The Kier molecular flexibility index (Phi) is 12.6. The van der Waals surface area contributed by atoms with E-state index in [9.17, 15) is 44.7 Å². The highest BCUT2D eigenvalue weighted by Crippen LogP contribution is 2.56. The highest BCUT2D eigenvalue weighted by molar-refractivity contribution is 7.89. The summed E-state index contributed by atoms with van der Waals surface area (Å²) in [5, 5.41) is 11.2. The second-order valence-corrected chi connectivity index (χ2v) is 16.1. The van der Waals surface area contributed by atoms with E-state index in [0.29, 0.717) is 21.2 Å². The SMILES string of the molecule is COc1ccc(CN(CC(OS(=O)(=O)C(F)(F)F)P(=O)(OCc2ccccc2)OCc2ccccc2)S(=O)(=O)c2ccc([N+](=O)[O-])cc2)cc1. The van der Waals surface area contributed by atoms with Crippen LogP contribution < -0.4 is 4.74 Å². The molecule has 0 heterocycles. The molecule has 4 rings (SSSR count). The van der Waals surface area contributed by atoms with Crippen molar-refractivity contribution in [2.75, 3.05) is 13.7 Å². The molecule has 0 bridgehead atoms. The van der Waals surface area contributed by atoms with Gasteiger partial charge in [0.1, 0.15) is 5.75 Å². The first-order valence-corrected chi connectivity index (χ1v) is 18.8. The predicted molar refractivity (Wildman–Crippen MR) is 174 cm³/mol. The lowest BCUT2D eigenvalue weighted by atomic mass is 10.2. The molecule has 0 aliphatic heterocycles. The number of sulfonamides is 1. The van der Waals surface area contributed by atoms with Gasteiger partial charge in [0.05, 0.1) is 36.7 Å². The van der Waals surface area contributed by atoms with E-state index in [1.165, 1.54) is 55.6 Å². The van der Waals surface area contributed by atoms with E-state index in [2.05, 4.69) is 4.18 Å². The smallest absolute Gasteiger partial charge is 0.497 e. The Morgan fingerprint density at radius 1 is 0.780 bits per heavy atom. The highest BCUT2D eigenvalue weighted by atomic mass is 32.2. The molecule has 0 spiro atoms. The van der Waals surface area contributed by atoms with Gasteiger partial charge in [-0.2, -0.15) is 25.9 Å². The van der Waals surface area contributed by atoms with Crippen LogP contribution in [0, 0.1) is 10.1 Å². The van der Waals surface area contributed by atoms with Crippen LogP contribution in [0.5, 0.6) is 5.75 Å². The molecule has 50 heavy (non-hydrogen) atoms. The number of nitro benzene ring substituents is 1. The van der Waals surface area contributed by atoms with Crippen molar-refractivity contribution in [1.29, 1.82) is 0 Å². The van der Waals surface area contributed by atoms with Crippen LogP contribution in [0.15, 0.2) is 114 Å². The molecular formula is C31H30F3N2O11PS2. The van der Waals surface area contributed by atoms with Crippen LogP contribution in [0.2, 0.25) is 0 Å². The Balaban J connectivity index is 1.84. The summed E-state index contributed by atoms with van der Waals surface area (Å²) < 4.78 is 130. The number of alkyl halides is 3. The van der Waals surface area contributed by atoms with Crippen LogP contribution in [0.25, 0.3) is 0 Å². The van der Waals surface area contributed by atoms with Gasteiger partial charge in [0.15, 0.2) is 5.85 Å². The monoisotopic (exact) mass is 758 g/mol. The summed E-state index contributed by atoms with van der Waals surface area (Å²) >= 11 is 0. The number of ether oxygens (including phenoxy) is 1. The highest BCUT2D eigenvalue weighted by Gasteiger charge is 2.53. The molecule has 0 saturated heterocycles. The van der Waals surface area contributed by atoms with E-state index in [0.717, 1.165) is 24.3 Å². The Hall–Kier alpha value is -4.16. The fourth-order valence-corrected chi connectivity index (χ4v) is 8.54. The van der Waals surface area contributed by atoms with Crippen molar-refractivity contribution >= 4 is 33.4 Å². The van der Waals surface area contributed by atoms with Gasteiger partial charge in [-0.3, -0.25) is 14.7 Å². The molecular weight excluding hydrogens is 728 g/mol. The van der Waals surface area contributed by atoms with Gasteiger partial charge in [0.25, 0.3) is 5.69 Å². The minimum Gasteiger partial charge on any atom is -0.497 e. The van der Waals surface area contributed by atoms with Crippen LogP contribution in [0.3, 0.4) is 0 Å². The predicted octanol–water partition coefficient (Wildman–Crippen LogP) is 6.61. The standard InChI is InChI=1S/C31H30F3N2O11PS2/c1-44-28-16-12-24(13-17-28)20-35(49(40,41)29-18-14-27(15-19-29)36(37)38)21-30(47-50(42,43)31(32,33)34)48(39,45-22-25-8-4-2-5-9-25)46-23-26-10-6-3-7-11-26/h2-19,30H,20-23H2,1H3. The molecule has 1 unspecified atom stereocenters. The van der Waals surface area contributed by atoms with E-state index in [1.54, 1.807) is 36.4 Å². The normalized spacial score (nSPS) is 13.2. The van der Waals surface area contributed by atoms with Crippen LogP contribution in [-0.2, 0) is 57.7 Å². The molecule has 0 radical (unpaired) electrons. The van der Waals surface area contributed by atoms with Crippen molar-refractivity contribution < 1.29 is 57.5 Å². The fraction of sp³-hybridized carbons (Fsp3) is 0.226. The molecule has 0 aliphatic rings. The summed E-state index contributed by atoms with van der Waals surface area (Å²) in [6, 6.07) is 25.1. The van der Waals surface area contributed by atoms with Crippen molar-refractivity contribution in [2.24, 2.45) is 0 Å². The Labute approximate surface area is 286 Å². The number of nitro groups is 1. The van der Waals surface area contributed by atoms with Crippen LogP contribution in [0.4, 0.5) is 18.9 Å². The molecule has 0 N–H and O–H groups in total. The van der Waals surface area contributed by atoms with Gasteiger partial charge in [0.2, 0.25) is 10.0 Å². The van der Waals surface area contributed by atoms with Gasteiger partial charge in [-0.25, -0.2) is 12.6 Å². The van der Waals surface area contributed by atoms with Gasteiger partial charge in [-0.05, 0) is 41.0 Å². The molecule has 1 atom stereocenters. The van der Waals surface area contributed by atoms with Crippen LogP contribution in [-0.4, -0.2) is 51.1 Å². The van der Waals surface area contributed by atoms with Crippen molar-refractivity contribution in [1.82, 2.24) is 4.31 Å².